The van der Waals surface area contributed by atoms with Crippen LogP contribution in [0.3, 0.4) is 0 Å². The lowest BCUT2D eigenvalue weighted by molar-refractivity contribution is -0.138. The molecule has 5 heteroatoms. The third-order valence-electron chi connectivity index (χ3n) is 3.57. The highest BCUT2D eigenvalue weighted by Crippen LogP contribution is 2.37. The SMILES string of the molecule is CN(CCC(F)(F)F)CC1(C)CCCC1N. The molecule has 1 aliphatic rings. The first kappa shape index (κ1) is 13.8. The average Bonchev–Trinajstić information content (AvgIpc) is 2.43. The van der Waals surface area contributed by atoms with Gasteiger partial charge in [0.15, 0.2) is 0 Å². The van der Waals surface area contributed by atoms with Crippen molar-refractivity contribution in [3.63, 3.8) is 0 Å². The van der Waals surface area contributed by atoms with Crippen LogP contribution in [0, 0.1) is 5.41 Å². The maximum Gasteiger partial charge on any atom is 0.390 e. The summed E-state index contributed by atoms with van der Waals surface area (Å²) in [4.78, 5) is 1.75. The summed E-state index contributed by atoms with van der Waals surface area (Å²) in [6, 6.07) is 0.126. The van der Waals surface area contributed by atoms with Crippen LogP contribution in [0.25, 0.3) is 0 Å². The third-order valence-corrected chi connectivity index (χ3v) is 3.57. The molecule has 1 rings (SSSR count). The molecular formula is C11H21F3N2. The van der Waals surface area contributed by atoms with Crippen molar-refractivity contribution in [3.05, 3.63) is 0 Å². The van der Waals surface area contributed by atoms with E-state index in [1.165, 1.54) is 0 Å². The van der Waals surface area contributed by atoms with Gasteiger partial charge >= 0.3 is 6.18 Å². The minimum absolute atomic E-state index is 0.0135. The fourth-order valence-electron chi connectivity index (χ4n) is 2.47. The highest BCUT2D eigenvalue weighted by atomic mass is 19.4. The fourth-order valence-corrected chi connectivity index (χ4v) is 2.47. The number of rotatable bonds is 4. The second-order valence-electron chi connectivity index (χ2n) is 5.26. The molecule has 2 unspecified atom stereocenters. The fraction of sp³-hybridized carbons (Fsp3) is 1.00. The molecule has 0 bridgehead atoms. The monoisotopic (exact) mass is 238 g/mol. The van der Waals surface area contributed by atoms with Gasteiger partial charge in [0.05, 0.1) is 6.42 Å². The summed E-state index contributed by atoms with van der Waals surface area (Å²) in [7, 11) is 1.74. The predicted molar refractivity (Wildman–Crippen MR) is 58.1 cm³/mol. The van der Waals surface area contributed by atoms with E-state index in [0.29, 0.717) is 6.54 Å². The van der Waals surface area contributed by atoms with Gasteiger partial charge in [0.25, 0.3) is 0 Å². The zero-order valence-corrected chi connectivity index (χ0v) is 9.98. The lowest BCUT2D eigenvalue weighted by Gasteiger charge is -2.33. The van der Waals surface area contributed by atoms with Gasteiger partial charge in [-0.3, -0.25) is 0 Å². The molecule has 2 N–H and O–H groups in total. The van der Waals surface area contributed by atoms with E-state index in [0.717, 1.165) is 19.3 Å². The molecular weight excluding hydrogens is 217 g/mol. The Morgan fingerprint density at radius 3 is 2.50 bits per heavy atom. The van der Waals surface area contributed by atoms with Crippen molar-refractivity contribution >= 4 is 0 Å². The van der Waals surface area contributed by atoms with Gasteiger partial charge in [-0.1, -0.05) is 13.3 Å². The molecule has 0 spiro atoms. The first-order chi connectivity index (χ1) is 7.23. The normalized spacial score (nSPS) is 31.3. The first-order valence-electron chi connectivity index (χ1n) is 5.74. The summed E-state index contributed by atoms with van der Waals surface area (Å²) in [5.74, 6) is 0. The molecule has 0 heterocycles. The summed E-state index contributed by atoms with van der Waals surface area (Å²) >= 11 is 0. The second kappa shape index (κ2) is 4.92. The Kier molecular flexibility index (Phi) is 4.23. The highest BCUT2D eigenvalue weighted by molar-refractivity contribution is 4.93. The van der Waals surface area contributed by atoms with E-state index in [1.54, 1.807) is 11.9 Å². The molecule has 0 saturated heterocycles. The van der Waals surface area contributed by atoms with E-state index >= 15 is 0 Å². The quantitative estimate of drug-likeness (QED) is 0.814. The number of nitrogens with two attached hydrogens (primary N) is 1. The summed E-state index contributed by atoms with van der Waals surface area (Å²) in [5.41, 5.74) is 5.98. The van der Waals surface area contributed by atoms with Gasteiger partial charge in [-0.15, -0.1) is 0 Å². The standard InChI is InChI=1S/C11H21F3N2/c1-10(5-3-4-9(10)15)8-16(2)7-6-11(12,13)14/h9H,3-8,15H2,1-2H3. The molecule has 1 fully saturated rings. The van der Waals surface area contributed by atoms with Gasteiger partial charge in [-0.2, -0.15) is 13.2 Å². The molecule has 0 aromatic heterocycles. The lowest BCUT2D eigenvalue weighted by Crippen LogP contribution is -2.43. The van der Waals surface area contributed by atoms with Gasteiger partial charge in [-0.05, 0) is 25.3 Å². The molecule has 96 valence electrons. The number of alkyl halides is 3. The Labute approximate surface area is 95.0 Å². The molecule has 1 saturated carbocycles. The summed E-state index contributed by atoms with van der Waals surface area (Å²) < 4.78 is 36.2. The number of nitrogens with zero attached hydrogens (tertiary/aromatic N) is 1. The van der Waals surface area contributed by atoms with Gasteiger partial charge in [0.2, 0.25) is 0 Å². The Morgan fingerprint density at radius 1 is 1.44 bits per heavy atom. The Morgan fingerprint density at radius 2 is 2.06 bits per heavy atom. The summed E-state index contributed by atoms with van der Waals surface area (Å²) in [6.07, 6.45) is -1.71. The van der Waals surface area contributed by atoms with Crippen LogP contribution in [0.2, 0.25) is 0 Å². The Balaban J connectivity index is 2.36. The van der Waals surface area contributed by atoms with Gasteiger partial charge in [0.1, 0.15) is 0 Å². The zero-order chi connectivity index (χ0) is 12.4. The van der Waals surface area contributed by atoms with Crippen molar-refractivity contribution in [2.45, 2.75) is 44.8 Å². The third kappa shape index (κ3) is 3.94. The van der Waals surface area contributed by atoms with E-state index in [4.69, 9.17) is 5.73 Å². The van der Waals surface area contributed by atoms with Crippen LogP contribution in [0.1, 0.15) is 32.6 Å². The van der Waals surface area contributed by atoms with Crippen LogP contribution in [-0.2, 0) is 0 Å². The summed E-state index contributed by atoms with van der Waals surface area (Å²) in [6.45, 7) is 2.80. The van der Waals surface area contributed by atoms with Crippen LogP contribution >= 0.6 is 0 Å². The predicted octanol–water partition coefficient (Wildman–Crippen LogP) is 2.39. The summed E-state index contributed by atoms with van der Waals surface area (Å²) in [5, 5.41) is 0. The minimum atomic E-state index is -4.06. The lowest BCUT2D eigenvalue weighted by atomic mass is 9.84. The second-order valence-corrected chi connectivity index (χ2v) is 5.26. The van der Waals surface area contributed by atoms with E-state index in [2.05, 4.69) is 6.92 Å². The molecule has 0 aromatic carbocycles. The van der Waals surface area contributed by atoms with E-state index < -0.39 is 12.6 Å². The minimum Gasteiger partial charge on any atom is -0.327 e. The van der Waals surface area contributed by atoms with Crippen LogP contribution in [0.4, 0.5) is 13.2 Å². The van der Waals surface area contributed by atoms with Gasteiger partial charge in [-0.25, -0.2) is 0 Å². The van der Waals surface area contributed by atoms with Crippen molar-refractivity contribution in [1.82, 2.24) is 4.90 Å². The number of halogens is 3. The largest absolute Gasteiger partial charge is 0.390 e. The van der Waals surface area contributed by atoms with E-state index in [9.17, 15) is 13.2 Å². The topological polar surface area (TPSA) is 29.3 Å². The number of hydrogen-bond acceptors (Lipinski definition) is 2. The molecule has 0 aliphatic heterocycles. The maximum atomic E-state index is 12.1. The highest BCUT2D eigenvalue weighted by Gasteiger charge is 2.37. The molecule has 0 amide bonds. The molecule has 2 atom stereocenters. The van der Waals surface area contributed by atoms with E-state index in [-0.39, 0.29) is 18.0 Å². The smallest absolute Gasteiger partial charge is 0.327 e. The van der Waals surface area contributed by atoms with Crippen molar-refractivity contribution < 1.29 is 13.2 Å². The van der Waals surface area contributed by atoms with Crippen LogP contribution < -0.4 is 5.73 Å². The Bertz CT molecular complexity index is 230. The van der Waals surface area contributed by atoms with E-state index in [1.807, 2.05) is 0 Å². The van der Waals surface area contributed by atoms with Crippen molar-refractivity contribution in [2.75, 3.05) is 20.1 Å². The molecule has 1 aliphatic carbocycles. The molecule has 2 nitrogen and oxygen atoms in total. The van der Waals surface area contributed by atoms with Crippen molar-refractivity contribution in [3.8, 4) is 0 Å². The first-order valence-corrected chi connectivity index (χ1v) is 5.74. The molecule has 16 heavy (non-hydrogen) atoms. The molecule has 0 radical (unpaired) electrons. The van der Waals surface area contributed by atoms with Crippen LogP contribution in [0.15, 0.2) is 0 Å². The van der Waals surface area contributed by atoms with Gasteiger partial charge in [0, 0.05) is 19.1 Å². The Hall–Kier alpha value is -0.290. The van der Waals surface area contributed by atoms with Crippen LogP contribution in [-0.4, -0.2) is 37.3 Å². The average molecular weight is 238 g/mol. The van der Waals surface area contributed by atoms with Crippen LogP contribution in [0.5, 0.6) is 0 Å². The van der Waals surface area contributed by atoms with Crippen molar-refractivity contribution in [1.29, 1.82) is 0 Å². The molecule has 0 aromatic rings. The van der Waals surface area contributed by atoms with Crippen molar-refractivity contribution in [2.24, 2.45) is 11.1 Å². The van der Waals surface area contributed by atoms with Gasteiger partial charge < -0.3 is 10.6 Å². The zero-order valence-electron chi connectivity index (χ0n) is 9.98. The maximum absolute atomic E-state index is 12.1. The number of hydrogen-bond donors (Lipinski definition) is 1.